The van der Waals surface area contributed by atoms with Crippen molar-refractivity contribution in [2.75, 3.05) is 33.0 Å². The van der Waals surface area contributed by atoms with Gasteiger partial charge in [-0.05, 0) is 43.9 Å². The lowest BCUT2D eigenvalue weighted by atomic mass is 10.1. The molecule has 7 nitrogen and oxygen atoms in total. The molecule has 0 saturated heterocycles. The number of ether oxygens (including phenoxy) is 2. The number of carbonyl (C=O) groups excluding carboxylic acids is 1. The van der Waals surface area contributed by atoms with Crippen molar-refractivity contribution < 1.29 is 14.3 Å². The Morgan fingerprint density at radius 2 is 1.96 bits per heavy atom. The highest BCUT2D eigenvalue weighted by atomic mass is 16.7. The van der Waals surface area contributed by atoms with Crippen molar-refractivity contribution in [1.29, 1.82) is 0 Å². The van der Waals surface area contributed by atoms with Gasteiger partial charge in [0.25, 0.3) is 0 Å². The van der Waals surface area contributed by atoms with Crippen LogP contribution >= 0.6 is 0 Å². The van der Waals surface area contributed by atoms with E-state index in [2.05, 4.69) is 20.9 Å². The van der Waals surface area contributed by atoms with Crippen LogP contribution in [0, 0.1) is 5.92 Å². The van der Waals surface area contributed by atoms with Gasteiger partial charge in [0.15, 0.2) is 17.5 Å². The predicted molar refractivity (Wildman–Crippen MR) is 96.0 cm³/mol. The van der Waals surface area contributed by atoms with E-state index in [1.54, 1.807) is 0 Å². The highest BCUT2D eigenvalue weighted by Crippen LogP contribution is 2.32. The van der Waals surface area contributed by atoms with Gasteiger partial charge in [-0.15, -0.1) is 0 Å². The number of nitrogens with one attached hydrogen (secondary N) is 3. The Kier molecular flexibility index (Phi) is 5.98. The van der Waals surface area contributed by atoms with E-state index in [0.29, 0.717) is 26.4 Å². The van der Waals surface area contributed by atoms with E-state index in [4.69, 9.17) is 9.47 Å². The third-order valence-corrected chi connectivity index (χ3v) is 4.12. The van der Waals surface area contributed by atoms with Crippen LogP contribution in [0.25, 0.3) is 0 Å². The summed E-state index contributed by atoms with van der Waals surface area (Å²) in [5.74, 6) is 2.80. The summed E-state index contributed by atoms with van der Waals surface area (Å²) in [6, 6.07) is 5.98. The standard InChI is InChI=1S/C18H26N4O3/c1-2-19-18(22-10-9-20-17(23)14-4-5-14)21-8-7-13-3-6-15-16(11-13)25-12-24-15/h3,6,11,14H,2,4-5,7-10,12H2,1H3,(H,20,23)(H2,19,21,22). The molecule has 1 aliphatic heterocycles. The molecule has 3 N–H and O–H groups in total. The van der Waals surface area contributed by atoms with Crippen LogP contribution in [0.15, 0.2) is 23.2 Å². The van der Waals surface area contributed by atoms with Crippen LogP contribution in [0.4, 0.5) is 0 Å². The maximum atomic E-state index is 11.6. The van der Waals surface area contributed by atoms with Crippen LogP contribution in [-0.4, -0.2) is 44.8 Å². The third-order valence-electron chi connectivity index (χ3n) is 4.12. The Bertz CT molecular complexity index is 629. The topological polar surface area (TPSA) is 84.0 Å². The van der Waals surface area contributed by atoms with E-state index in [9.17, 15) is 4.79 Å². The fraction of sp³-hybridized carbons (Fsp3) is 0.556. The average Bonchev–Trinajstić information content (AvgIpc) is 3.36. The maximum Gasteiger partial charge on any atom is 0.231 e. The molecule has 2 aliphatic rings. The molecule has 25 heavy (non-hydrogen) atoms. The Morgan fingerprint density at radius 3 is 2.76 bits per heavy atom. The summed E-state index contributed by atoms with van der Waals surface area (Å²) in [6.07, 6.45) is 2.89. The molecule has 1 heterocycles. The largest absolute Gasteiger partial charge is 0.454 e. The summed E-state index contributed by atoms with van der Waals surface area (Å²) in [5.41, 5.74) is 1.17. The van der Waals surface area contributed by atoms with Crippen molar-refractivity contribution >= 4 is 11.9 Å². The summed E-state index contributed by atoms with van der Waals surface area (Å²) < 4.78 is 10.7. The molecule has 3 rings (SSSR count). The first-order chi connectivity index (χ1) is 12.3. The number of guanidine groups is 1. The molecule has 0 aromatic heterocycles. The molecule has 1 aliphatic carbocycles. The zero-order valence-corrected chi connectivity index (χ0v) is 14.6. The van der Waals surface area contributed by atoms with Crippen LogP contribution in [0.5, 0.6) is 11.5 Å². The van der Waals surface area contributed by atoms with E-state index in [1.807, 2.05) is 25.1 Å². The first kappa shape index (κ1) is 17.4. The van der Waals surface area contributed by atoms with Gasteiger partial charge < -0.3 is 25.4 Å². The van der Waals surface area contributed by atoms with Crippen LogP contribution in [0.2, 0.25) is 0 Å². The van der Waals surface area contributed by atoms with Gasteiger partial charge in [0.2, 0.25) is 12.7 Å². The Hall–Kier alpha value is -2.44. The minimum Gasteiger partial charge on any atom is -0.454 e. The highest BCUT2D eigenvalue weighted by molar-refractivity contribution is 5.81. The van der Waals surface area contributed by atoms with E-state index in [0.717, 1.165) is 43.3 Å². The second kappa shape index (κ2) is 8.60. The number of fused-ring (bicyclic) bond motifs is 1. The SMILES string of the molecule is CCNC(=NCCc1ccc2c(c1)OCO2)NCCNC(=O)C1CC1. The molecular weight excluding hydrogens is 320 g/mol. The van der Waals surface area contributed by atoms with Gasteiger partial charge in [0, 0.05) is 32.1 Å². The summed E-state index contributed by atoms with van der Waals surface area (Å²) in [4.78, 5) is 16.2. The summed E-state index contributed by atoms with van der Waals surface area (Å²) in [5, 5.41) is 9.40. The second-order valence-electron chi connectivity index (χ2n) is 6.19. The number of nitrogens with zero attached hydrogens (tertiary/aromatic N) is 1. The van der Waals surface area contributed by atoms with Gasteiger partial charge in [-0.1, -0.05) is 6.07 Å². The molecule has 0 unspecified atom stereocenters. The van der Waals surface area contributed by atoms with Crippen LogP contribution in [0.3, 0.4) is 0 Å². The summed E-state index contributed by atoms with van der Waals surface area (Å²) >= 11 is 0. The molecule has 136 valence electrons. The lowest BCUT2D eigenvalue weighted by molar-refractivity contribution is -0.122. The highest BCUT2D eigenvalue weighted by Gasteiger charge is 2.28. The molecule has 1 aromatic carbocycles. The second-order valence-corrected chi connectivity index (χ2v) is 6.19. The first-order valence-electron chi connectivity index (χ1n) is 8.94. The molecule has 0 atom stereocenters. The number of carbonyl (C=O) groups is 1. The quantitative estimate of drug-likeness (QED) is 0.372. The number of amides is 1. The molecule has 1 fully saturated rings. The smallest absolute Gasteiger partial charge is 0.231 e. The maximum absolute atomic E-state index is 11.6. The monoisotopic (exact) mass is 346 g/mol. The number of hydrogen-bond donors (Lipinski definition) is 3. The van der Waals surface area contributed by atoms with Gasteiger partial charge in [0.05, 0.1) is 0 Å². The zero-order valence-electron chi connectivity index (χ0n) is 14.6. The van der Waals surface area contributed by atoms with Gasteiger partial charge in [-0.3, -0.25) is 9.79 Å². The van der Waals surface area contributed by atoms with E-state index < -0.39 is 0 Å². The van der Waals surface area contributed by atoms with Crippen molar-refractivity contribution in [2.24, 2.45) is 10.9 Å². The first-order valence-corrected chi connectivity index (χ1v) is 8.94. The fourth-order valence-electron chi connectivity index (χ4n) is 2.59. The summed E-state index contributed by atoms with van der Waals surface area (Å²) in [6.45, 7) is 5.07. The Balaban J connectivity index is 1.40. The normalized spacial score (nSPS) is 15.8. The van der Waals surface area contributed by atoms with Crippen molar-refractivity contribution in [3.63, 3.8) is 0 Å². The Labute approximate surface area is 148 Å². The predicted octanol–water partition coefficient (Wildman–Crippen LogP) is 1.04. The average molecular weight is 346 g/mol. The fourth-order valence-corrected chi connectivity index (χ4v) is 2.59. The Morgan fingerprint density at radius 1 is 1.16 bits per heavy atom. The molecule has 0 bridgehead atoms. The van der Waals surface area contributed by atoms with Crippen LogP contribution in [0.1, 0.15) is 25.3 Å². The van der Waals surface area contributed by atoms with Crippen molar-refractivity contribution in [3.05, 3.63) is 23.8 Å². The van der Waals surface area contributed by atoms with Crippen molar-refractivity contribution in [2.45, 2.75) is 26.2 Å². The lowest BCUT2D eigenvalue weighted by Crippen LogP contribution is -2.41. The molecule has 1 saturated carbocycles. The van der Waals surface area contributed by atoms with Gasteiger partial charge in [0.1, 0.15) is 0 Å². The number of hydrogen-bond acceptors (Lipinski definition) is 4. The molecule has 7 heteroatoms. The van der Waals surface area contributed by atoms with Crippen LogP contribution in [-0.2, 0) is 11.2 Å². The van der Waals surface area contributed by atoms with E-state index >= 15 is 0 Å². The minimum atomic E-state index is 0.173. The van der Waals surface area contributed by atoms with Gasteiger partial charge >= 0.3 is 0 Å². The van der Waals surface area contributed by atoms with Gasteiger partial charge in [-0.2, -0.15) is 0 Å². The number of aliphatic imine (C=N–C) groups is 1. The van der Waals surface area contributed by atoms with Crippen molar-refractivity contribution in [3.8, 4) is 11.5 Å². The molecule has 0 spiro atoms. The van der Waals surface area contributed by atoms with E-state index in [1.165, 1.54) is 5.56 Å². The van der Waals surface area contributed by atoms with Gasteiger partial charge in [-0.25, -0.2) is 0 Å². The lowest BCUT2D eigenvalue weighted by Gasteiger charge is -2.12. The van der Waals surface area contributed by atoms with E-state index in [-0.39, 0.29) is 11.8 Å². The molecule has 0 radical (unpaired) electrons. The zero-order chi connectivity index (χ0) is 17.5. The number of rotatable bonds is 8. The minimum absolute atomic E-state index is 0.173. The molecule has 1 amide bonds. The third kappa shape index (κ3) is 5.27. The molecule has 1 aromatic rings. The molecular formula is C18H26N4O3. The van der Waals surface area contributed by atoms with Crippen LogP contribution < -0.4 is 25.4 Å². The van der Waals surface area contributed by atoms with Crippen molar-refractivity contribution in [1.82, 2.24) is 16.0 Å². The number of benzene rings is 1. The summed E-state index contributed by atoms with van der Waals surface area (Å²) in [7, 11) is 0.